The smallest absolute Gasteiger partial charge is 0.197 e. The minimum Gasteiger partial charge on any atom is -0.222 e. The number of benzene rings is 1. The van der Waals surface area contributed by atoms with Crippen molar-refractivity contribution in [3.63, 3.8) is 0 Å². The van der Waals surface area contributed by atoms with Gasteiger partial charge in [-0.15, -0.1) is 0 Å². The van der Waals surface area contributed by atoms with Crippen molar-refractivity contribution in [1.82, 2.24) is 0 Å². The summed E-state index contributed by atoms with van der Waals surface area (Å²) in [5.41, 5.74) is 0. The van der Waals surface area contributed by atoms with Crippen LogP contribution in [-0.4, -0.2) is 13.2 Å². The molecule has 1 aromatic carbocycles. The van der Waals surface area contributed by atoms with E-state index in [9.17, 15) is 8.42 Å². The molecule has 2 rings (SSSR count). The molecule has 0 bridgehead atoms. The maximum absolute atomic E-state index is 12.2. The first-order valence-corrected chi connectivity index (χ1v) is 7.21. The average Bonchev–Trinajstić information content (AvgIpc) is 2.17. The maximum atomic E-state index is 12.2. The highest BCUT2D eigenvalue weighted by molar-refractivity contribution is 9.10. The molecule has 16 heavy (non-hydrogen) atoms. The molecule has 0 saturated heterocycles. The van der Waals surface area contributed by atoms with Gasteiger partial charge in [-0.1, -0.05) is 15.9 Å². The Labute approximate surface area is 103 Å². The van der Waals surface area contributed by atoms with E-state index in [1.54, 1.807) is 12.1 Å². The summed E-state index contributed by atoms with van der Waals surface area (Å²) >= 11 is 3.25. The number of hydrogen-bond acceptors (Lipinski definition) is 3. The van der Waals surface area contributed by atoms with Crippen molar-refractivity contribution in [3.8, 4) is 6.07 Å². The van der Waals surface area contributed by atoms with Crippen LogP contribution in [0.1, 0.15) is 19.3 Å². The predicted molar refractivity (Wildman–Crippen MR) is 63.5 cm³/mol. The summed E-state index contributed by atoms with van der Waals surface area (Å²) < 4.78 is 24.1. The van der Waals surface area contributed by atoms with E-state index in [2.05, 4.69) is 15.9 Å². The third-order valence-electron chi connectivity index (χ3n) is 3.00. The quantitative estimate of drug-likeness (QED) is 0.843. The SMILES string of the molecule is N#CC1(S(=O)(=O)c2ccc(Br)cc2)CCC1. The number of nitriles is 1. The Morgan fingerprint density at radius 1 is 1.25 bits per heavy atom. The second kappa shape index (κ2) is 3.86. The van der Waals surface area contributed by atoms with Crippen molar-refractivity contribution in [2.24, 2.45) is 0 Å². The molecular formula is C11H10BrNO2S. The maximum Gasteiger partial charge on any atom is 0.197 e. The van der Waals surface area contributed by atoms with Crippen LogP contribution < -0.4 is 0 Å². The summed E-state index contributed by atoms with van der Waals surface area (Å²) in [5, 5.41) is 9.05. The van der Waals surface area contributed by atoms with Crippen molar-refractivity contribution in [2.45, 2.75) is 28.9 Å². The van der Waals surface area contributed by atoms with Gasteiger partial charge in [0.15, 0.2) is 14.6 Å². The van der Waals surface area contributed by atoms with E-state index in [0.717, 1.165) is 10.9 Å². The molecule has 0 aromatic heterocycles. The van der Waals surface area contributed by atoms with Crippen LogP contribution in [0.5, 0.6) is 0 Å². The monoisotopic (exact) mass is 299 g/mol. The topological polar surface area (TPSA) is 57.9 Å². The summed E-state index contributed by atoms with van der Waals surface area (Å²) in [6.45, 7) is 0. The molecule has 1 aromatic rings. The summed E-state index contributed by atoms with van der Waals surface area (Å²) in [7, 11) is -3.51. The third-order valence-corrected chi connectivity index (χ3v) is 5.95. The molecule has 0 spiro atoms. The zero-order valence-corrected chi connectivity index (χ0v) is 10.9. The van der Waals surface area contributed by atoms with Gasteiger partial charge in [-0.3, -0.25) is 0 Å². The van der Waals surface area contributed by atoms with Gasteiger partial charge in [0, 0.05) is 4.47 Å². The number of rotatable bonds is 2. The first-order chi connectivity index (χ1) is 7.52. The lowest BCUT2D eigenvalue weighted by molar-refractivity contribution is 0.406. The standard InChI is InChI=1S/C11H10BrNO2S/c12-9-2-4-10(5-3-9)16(14,15)11(8-13)6-1-7-11/h2-5H,1,6-7H2. The molecule has 0 aliphatic heterocycles. The van der Waals surface area contributed by atoms with Crippen LogP contribution in [0.4, 0.5) is 0 Å². The van der Waals surface area contributed by atoms with Gasteiger partial charge < -0.3 is 0 Å². The predicted octanol–water partition coefficient (Wildman–Crippen LogP) is 2.67. The van der Waals surface area contributed by atoms with Gasteiger partial charge in [-0.05, 0) is 43.5 Å². The van der Waals surface area contributed by atoms with Crippen molar-refractivity contribution >= 4 is 25.8 Å². The number of nitrogens with zero attached hydrogens (tertiary/aromatic N) is 1. The lowest BCUT2D eigenvalue weighted by Crippen LogP contribution is -2.43. The molecule has 1 aliphatic carbocycles. The largest absolute Gasteiger partial charge is 0.222 e. The molecule has 0 amide bonds. The van der Waals surface area contributed by atoms with Crippen LogP contribution in [0, 0.1) is 11.3 Å². The van der Waals surface area contributed by atoms with Crippen LogP contribution in [0.25, 0.3) is 0 Å². The zero-order valence-electron chi connectivity index (χ0n) is 8.48. The first kappa shape index (κ1) is 11.6. The Balaban J connectivity index is 2.48. The molecule has 1 saturated carbocycles. The van der Waals surface area contributed by atoms with E-state index in [1.807, 2.05) is 6.07 Å². The Bertz CT molecular complexity index is 538. The van der Waals surface area contributed by atoms with Gasteiger partial charge in [-0.25, -0.2) is 8.42 Å². The van der Waals surface area contributed by atoms with Crippen LogP contribution >= 0.6 is 15.9 Å². The molecule has 3 nitrogen and oxygen atoms in total. The van der Waals surface area contributed by atoms with E-state index in [0.29, 0.717) is 12.8 Å². The van der Waals surface area contributed by atoms with E-state index < -0.39 is 14.6 Å². The summed E-state index contributed by atoms with van der Waals surface area (Å²) in [5.74, 6) is 0. The lowest BCUT2D eigenvalue weighted by Gasteiger charge is -2.34. The third kappa shape index (κ3) is 1.57. The molecular weight excluding hydrogens is 290 g/mol. The molecule has 0 radical (unpaired) electrons. The van der Waals surface area contributed by atoms with E-state index in [-0.39, 0.29) is 4.90 Å². The summed E-state index contributed by atoms with van der Waals surface area (Å²) in [6, 6.07) is 8.40. The Morgan fingerprint density at radius 3 is 2.19 bits per heavy atom. The molecule has 84 valence electrons. The minimum absolute atomic E-state index is 0.233. The Kier molecular flexibility index (Phi) is 2.81. The van der Waals surface area contributed by atoms with E-state index >= 15 is 0 Å². The molecule has 0 heterocycles. The van der Waals surface area contributed by atoms with Gasteiger partial charge >= 0.3 is 0 Å². The molecule has 1 fully saturated rings. The number of sulfone groups is 1. The summed E-state index contributed by atoms with van der Waals surface area (Å²) in [6.07, 6.45) is 1.70. The van der Waals surface area contributed by atoms with Crippen molar-refractivity contribution < 1.29 is 8.42 Å². The Morgan fingerprint density at radius 2 is 1.81 bits per heavy atom. The second-order valence-corrected chi connectivity index (χ2v) is 7.09. The van der Waals surface area contributed by atoms with Gasteiger partial charge in [-0.2, -0.15) is 5.26 Å². The second-order valence-electron chi connectivity index (χ2n) is 3.92. The van der Waals surface area contributed by atoms with Crippen LogP contribution in [0.3, 0.4) is 0 Å². The van der Waals surface area contributed by atoms with Gasteiger partial charge in [0.1, 0.15) is 0 Å². The first-order valence-electron chi connectivity index (χ1n) is 4.93. The molecule has 0 N–H and O–H groups in total. The fourth-order valence-electron chi connectivity index (χ4n) is 1.78. The summed E-state index contributed by atoms with van der Waals surface area (Å²) in [4.78, 5) is 0.233. The zero-order chi connectivity index (χ0) is 11.8. The average molecular weight is 300 g/mol. The van der Waals surface area contributed by atoms with Gasteiger partial charge in [0.05, 0.1) is 11.0 Å². The fraction of sp³-hybridized carbons (Fsp3) is 0.364. The molecule has 0 atom stereocenters. The van der Waals surface area contributed by atoms with Gasteiger partial charge in [0.2, 0.25) is 0 Å². The normalized spacial score (nSPS) is 18.5. The van der Waals surface area contributed by atoms with Gasteiger partial charge in [0.25, 0.3) is 0 Å². The minimum atomic E-state index is -3.51. The van der Waals surface area contributed by atoms with Crippen LogP contribution in [0.15, 0.2) is 33.6 Å². The van der Waals surface area contributed by atoms with E-state index in [1.165, 1.54) is 12.1 Å². The highest BCUT2D eigenvalue weighted by atomic mass is 79.9. The van der Waals surface area contributed by atoms with Crippen molar-refractivity contribution in [1.29, 1.82) is 5.26 Å². The van der Waals surface area contributed by atoms with Crippen molar-refractivity contribution in [3.05, 3.63) is 28.7 Å². The van der Waals surface area contributed by atoms with Crippen LogP contribution in [-0.2, 0) is 9.84 Å². The van der Waals surface area contributed by atoms with E-state index in [4.69, 9.17) is 5.26 Å². The molecule has 1 aliphatic rings. The highest BCUT2D eigenvalue weighted by Gasteiger charge is 2.50. The highest BCUT2D eigenvalue weighted by Crippen LogP contribution is 2.42. The van der Waals surface area contributed by atoms with Crippen LogP contribution in [0.2, 0.25) is 0 Å². The number of halogens is 1. The van der Waals surface area contributed by atoms with Crippen molar-refractivity contribution in [2.75, 3.05) is 0 Å². The Hall–Kier alpha value is -0.860. The fourth-order valence-corrected chi connectivity index (χ4v) is 3.93. The molecule has 0 unspecified atom stereocenters. The molecule has 5 heteroatoms. The number of hydrogen-bond donors (Lipinski definition) is 0. The lowest BCUT2D eigenvalue weighted by atomic mass is 9.86.